The van der Waals surface area contributed by atoms with Crippen molar-refractivity contribution in [1.82, 2.24) is 0 Å². The number of hydrogen-bond donors (Lipinski definition) is 0. The minimum atomic E-state index is -0.132. The van der Waals surface area contributed by atoms with Gasteiger partial charge in [0.25, 0.3) is 0 Å². The highest BCUT2D eigenvalue weighted by atomic mass is 16.5. The van der Waals surface area contributed by atoms with Gasteiger partial charge >= 0.3 is 5.97 Å². The molecule has 3 nitrogen and oxygen atoms in total. The lowest BCUT2D eigenvalue weighted by Crippen LogP contribution is -2.22. The second-order valence-corrected chi connectivity index (χ2v) is 5.75. The fraction of sp³-hybridized carbons (Fsp3) is 0.533. The fourth-order valence-corrected chi connectivity index (χ4v) is 2.51. The summed E-state index contributed by atoms with van der Waals surface area (Å²) >= 11 is 0. The second-order valence-electron chi connectivity index (χ2n) is 5.75. The van der Waals surface area contributed by atoms with Gasteiger partial charge in [-0.2, -0.15) is 0 Å². The molecule has 1 aliphatic rings. The Bertz CT molecular complexity index is 422. The SMILES string of the molecule is CCOC(=O)[C@H]1[C@@H](C(C)(C)C)N1c1ccccc1. The van der Waals surface area contributed by atoms with Crippen molar-refractivity contribution in [2.24, 2.45) is 5.41 Å². The van der Waals surface area contributed by atoms with E-state index in [0.717, 1.165) is 5.69 Å². The van der Waals surface area contributed by atoms with Crippen molar-refractivity contribution in [3.05, 3.63) is 30.3 Å². The summed E-state index contributed by atoms with van der Waals surface area (Å²) in [4.78, 5) is 14.1. The highest BCUT2D eigenvalue weighted by molar-refractivity contribution is 5.88. The minimum Gasteiger partial charge on any atom is -0.464 e. The van der Waals surface area contributed by atoms with Crippen LogP contribution in [-0.4, -0.2) is 24.7 Å². The molecule has 3 heteroatoms. The standard InChI is InChI=1S/C15H21NO2/c1-5-18-14(17)12-13(15(2,3)4)16(12)11-9-7-6-8-10-11/h6-10,12-13H,5H2,1-4H3/t12-,13+,16?/m1/s1. The van der Waals surface area contributed by atoms with Gasteiger partial charge < -0.3 is 9.64 Å². The highest BCUT2D eigenvalue weighted by Crippen LogP contribution is 2.45. The van der Waals surface area contributed by atoms with Crippen LogP contribution in [0.5, 0.6) is 0 Å². The number of carbonyl (C=O) groups is 1. The molecule has 0 saturated carbocycles. The Morgan fingerprint density at radius 1 is 1.28 bits per heavy atom. The van der Waals surface area contributed by atoms with E-state index in [-0.39, 0.29) is 23.5 Å². The molecule has 2 atom stereocenters. The number of anilines is 1. The van der Waals surface area contributed by atoms with E-state index in [9.17, 15) is 4.79 Å². The van der Waals surface area contributed by atoms with Gasteiger partial charge in [-0.3, -0.25) is 0 Å². The lowest BCUT2D eigenvalue weighted by Gasteiger charge is -2.18. The number of benzene rings is 1. The summed E-state index contributed by atoms with van der Waals surface area (Å²) < 4.78 is 5.16. The molecule has 1 saturated heterocycles. The van der Waals surface area contributed by atoms with Gasteiger partial charge in [-0.05, 0) is 24.5 Å². The quantitative estimate of drug-likeness (QED) is 0.607. The van der Waals surface area contributed by atoms with E-state index in [1.807, 2.05) is 37.3 Å². The largest absolute Gasteiger partial charge is 0.464 e. The highest BCUT2D eigenvalue weighted by Gasteiger charge is 2.58. The summed E-state index contributed by atoms with van der Waals surface area (Å²) in [6.45, 7) is 8.76. The molecule has 1 aliphatic heterocycles. The van der Waals surface area contributed by atoms with Crippen molar-refractivity contribution in [3.8, 4) is 0 Å². The maximum atomic E-state index is 12.0. The monoisotopic (exact) mass is 247 g/mol. The molecule has 98 valence electrons. The molecule has 0 N–H and O–H groups in total. The third-order valence-electron chi connectivity index (χ3n) is 3.28. The molecule has 0 unspecified atom stereocenters. The van der Waals surface area contributed by atoms with Crippen LogP contribution in [-0.2, 0) is 9.53 Å². The first kappa shape index (κ1) is 12.9. The van der Waals surface area contributed by atoms with Crippen LogP contribution >= 0.6 is 0 Å². The molecule has 0 radical (unpaired) electrons. The Labute approximate surface area is 109 Å². The van der Waals surface area contributed by atoms with Crippen molar-refractivity contribution in [2.75, 3.05) is 11.5 Å². The van der Waals surface area contributed by atoms with Crippen LogP contribution in [0.2, 0.25) is 0 Å². The Balaban J connectivity index is 2.21. The van der Waals surface area contributed by atoms with E-state index in [1.54, 1.807) is 0 Å². The van der Waals surface area contributed by atoms with Gasteiger partial charge in [-0.25, -0.2) is 4.79 Å². The molecule has 1 fully saturated rings. The molecule has 1 heterocycles. The molecule has 2 rings (SSSR count). The van der Waals surface area contributed by atoms with Crippen LogP contribution in [0.3, 0.4) is 0 Å². The van der Waals surface area contributed by atoms with E-state index in [0.29, 0.717) is 6.61 Å². The lowest BCUT2D eigenvalue weighted by atomic mass is 9.90. The van der Waals surface area contributed by atoms with Crippen LogP contribution in [0.15, 0.2) is 30.3 Å². The predicted octanol–water partition coefficient (Wildman–Crippen LogP) is 2.85. The van der Waals surface area contributed by atoms with Crippen molar-refractivity contribution in [2.45, 2.75) is 39.8 Å². The average molecular weight is 247 g/mol. The number of rotatable bonds is 3. The normalized spacial score (nSPS) is 22.8. The first-order chi connectivity index (χ1) is 8.46. The fourth-order valence-electron chi connectivity index (χ4n) is 2.51. The number of carbonyl (C=O) groups excluding carboxylic acids is 1. The molecular weight excluding hydrogens is 226 g/mol. The van der Waals surface area contributed by atoms with Crippen molar-refractivity contribution >= 4 is 11.7 Å². The van der Waals surface area contributed by atoms with E-state index in [2.05, 4.69) is 25.7 Å². The number of para-hydroxylation sites is 1. The van der Waals surface area contributed by atoms with Gasteiger partial charge in [0.05, 0.1) is 12.6 Å². The molecule has 1 aromatic carbocycles. The molecular formula is C15H21NO2. The average Bonchev–Trinajstić information content (AvgIpc) is 3.05. The number of ether oxygens (including phenoxy) is 1. The zero-order valence-electron chi connectivity index (χ0n) is 11.5. The van der Waals surface area contributed by atoms with Gasteiger partial charge in [-0.1, -0.05) is 39.0 Å². The Kier molecular flexibility index (Phi) is 3.33. The number of nitrogens with zero attached hydrogens (tertiary/aromatic N) is 1. The molecule has 0 spiro atoms. The van der Waals surface area contributed by atoms with Crippen LogP contribution in [0.4, 0.5) is 5.69 Å². The van der Waals surface area contributed by atoms with Crippen LogP contribution in [0.1, 0.15) is 27.7 Å². The van der Waals surface area contributed by atoms with Crippen LogP contribution < -0.4 is 4.90 Å². The van der Waals surface area contributed by atoms with E-state index in [4.69, 9.17) is 4.74 Å². The van der Waals surface area contributed by atoms with Gasteiger partial charge in [0, 0.05) is 5.69 Å². The summed E-state index contributed by atoms with van der Waals surface area (Å²) in [5.74, 6) is -0.110. The third kappa shape index (κ3) is 2.35. The van der Waals surface area contributed by atoms with Gasteiger partial charge in [0.1, 0.15) is 6.04 Å². The second kappa shape index (κ2) is 4.63. The maximum absolute atomic E-state index is 12.0. The topological polar surface area (TPSA) is 29.3 Å². The zero-order valence-corrected chi connectivity index (χ0v) is 11.5. The van der Waals surface area contributed by atoms with E-state index in [1.165, 1.54) is 0 Å². The third-order valence-corrected chi connectivity index (χ3v) is 3.28. The summed E-state index contributed by atoms with van der Waals surface area (Å²) in [7, 11) is 0. The molecule has 18 heavy (non-hydrogen) atoms. The van der Waals surface area contributed by atoms with Crippen molar-refractivity contribution in [1.29, 1.82) is 0 Å². The Hall–Kier alpha value is -1.51. The summed E-state index contributed by atoms with van der Waals surface area (Å²) in [5.41, 5.74) is 1.16. The zero-order chi connectivity index (χ0) is 13.3. The van der Waals surface area contributed by atoms with Gasteiger partial charge in [0.2, 0.25) is 0 Å². The molecule has 0 aromatic heterocycles. The molecule has 1 aromatic rings. The Morgan fingerprint density at radius 3 is 2.39 bits per heavy atom. The van der Waals surface area contributed by atoms with Gasteiger partial charge in [-0.15, -0.1) is 0 Å². The number of esters is 1. The maximum Gasteiger partial charge on any atom is 0.330 e. The molecule has 0 bridgehead atoms. The minimum absolute atomic E-state index is 0.0628. The van der Waals surface area contributed by atoms with Crippen molar-refractivity contribution in [3.63, 3.8) is 0 Å². The van der Waals surface area contributed by atoms with Crippen molar-refractivity contribution < 1.29 is 9.53 Å². The van der Waals surface area contributed by atoms with Crippen LogP contribution in [0, 0.1) is 5.41 Å². The van der Waals surface area contributed by atoms with E-state index < -0.39 is 0 Å². The molecule has 0 aliphatic carbocycles. The van der Waals surface area contributed by atoms with E-state index >= 15 is 0 Å². The smallest absolute Gasteiger partial charge is 0.330 e. The van der Waals surface area contributed by atoms with Crippen LogP contribution in [0.25, 0.3) is 0 Å². The first-order valence-electron chi connectivity index (χ1n) is 6.47. The lowest BCUT2D eigenvalue weighted by molar-refractivity contribution is -0.142. The summed E-state index contributed by atoms with van der Waals surface area (Å²) in [5, 5.41) is 0. The summed E-state index contributed by atoms with van der Waals surface area (Å²) in [6.07, 6.45) is 0. The first-order valence-corrected chi connectivity index (χ1v) is 6.47. The predicted molar refractivity (Wildman–Crippen MR) is 72.6 cm³/mol. The number of hydrogen-bond acceptors (Lipinski definition) is 3. The Morgan fingerprint density at radius 2 is 1.89 bits per heavy atom. The summed E-state index contributed by atoms with van der Waals surface area (Å²) in [6, 6.07) is 10.1. The molecule has 0 amide bonds. The van der Waals surface area contributed by atoms with Gasteiger partial charge in [0.15, 0.2) is 0 Å².